The maximum Gasteiger partial charge on any atom is 0.110 e. The summed E-state index contributed by atoms with van der Waals surface area (Å²) in [7, 11) is 0. The van der Waals surface area contributed by atoms with Gasteiger partial charge >= 0.3 is 0 Å². The number of rotatable bonds is 4. The third kappa shape index (κ3) is 2.27. The lowest BCUT2D eigenvalue weighted by molar-refractivity contribution is 0.221. The monoisotopic (exact) mass is 250 g/mol. The van der Waals surface area contributed by atoms with Gasteiger partial charge in [0.05, 0.1) is 11.7 Å². The van der Waals surface area contributed by atoms with E-state index in [0.717, 1.165) is 5.92 Å². The van der Waals surface area contributed by atoms with Gasteiger partial charge in [0, 0.05) is 10.9 Å². The minimum Gasteiger partial charge on any atom is -0.305 e. The molecule has 1 heterocycles. The topological polar surface area (TPSA) is 24.9 Å². The second-order valence-electron chi connectivity index (χ2n) is 5.77. The lowest BCUT2D eigenvalue weighted by Gasteiger charge is -2.34. The molecule has 0 saturated heterocycles. The molecule has 1 atom stereocenters. The zero-order valence-corrected chi connectivity index (χ0v) is 11.6. The molecule has 2 aliphatic rings. The predicted octanol–water partition coefficient (Wildman–Crippen LogP) is 3.47. The Balaban J connectivity index is 1.80. The highest BCUT2D eigenvalue weighted by Gasteiger charge is 2.32. The van der Waals surface area contributed by atoms with Gasteiger partial charge < -0.3 is 5.32 Å². The lowest BCUT2D eigenvalue weighted by Crippen LogP contribution is -2.36. The Labute approximate surface area is 108 Å². The lowest BCUT2D eigenvalue weighted by atomic mass is 9.79. The zero-order valence-electron chi connectivity index (χ0n) is 10.8. The van der Waals surface area contributed by atoms with E-state index in [4.69, 9.17) is 4.98 Å². The minimum absolute atomic E-state index is 0.527. The predicted molar refractivity (Wildman–Crippen MR) is 72.5 cm³/mol. The molecule has 0 bridgehead atoms. The van der Waals surface area contributed by atoms with Crippen LogP contribution in [0.1, 0.15) is 61.2 Å². The van der Waals surface area contributed by atoms with Crippen molar-refractivity contribution in [1.82, 2.24) is 10.3 Å². The Hall–Kier alpha value is -0.410. The van der Waals surface area contributed by atoms with Crippen molar-refractivity contribution in [2.45, 2.75) is 64.5 Å². The summed E-state index contributed by atoms with van der Waals surface area (Å²) >= 11 is 1.98. The zero-order chi connectivity index (χ0) is 11.8. The van der Waals surface area contributed by atoms with Crippen molar-refractivity contribution >= 4 is 11.3 Å². The van der Waals surface area contributed by atoms with Gasteiger partial charge in [-0.2, -0.15) is 0 Å². The largest absolute Gasteiger partial charge is 0.305 e. The molecule has 0 spiro atoms. The smallest absolute Gasteiger partial charge is 0.110 e. The summed E-state index contributed by atoms with van der Waals surface area (Å²) in [6, 6.07) is 1.08. The van der Waals surface area contributed by atoms with Crippen LogP contribution in [0.3, 0.4) is 0 Å². The van der Waals surface area contributed by atoms with E-state index in [-0.39, 0.29) is 0 Å². The van der Waals surface area contributed by atoms with Crippen molar-refractivity contribution in [2.24, 2.45) is 5.92 Å². The van der Waals surface area contributed by atoms with E-state index >= 15 is 0 Å². The number of hydrogen-bond acceptors (Lipinski definition) is 3. The molecule has 0 aromatic carbocycles. The summed E-state index contributed by atoms with van der Waals surface area (Å²) in [6.07, 6.45) is 7.98. The van der Waals surface area contributed by atoms with Gasteiger partial charge in [-0.25, -0.2) is 4.98 Å². The van der Waals surface area contributed by atoms with E-state index in [1.807, 2.05) is 11.3 Å². The van der Waals surface area contributed by atoms with Crippen LogP contribution in [-0.2, 0) is 12.8 Å². The van der Waals surface area contributed by atoms with Crippen LogP contribution in [0, 0.1) is 5.92 Å². The van der Waals surface area contributed by atoms with Gasteiger partial charge in [0.1, 0.15) is 5.01 Å². The van der Waals surface area contributed by atoms with E-state index in [9.17, 15) is 0 Å². The van der Waals surface area contributed by atoms with Crippen LogP contribution in [0.15, 0.2) is 0 Å². The van der Waals surface area contributed by atoms with Crippen LogP contribution >= 0.6 is 11.3 Å². The molecular formula is C14H22N2S. The van der Waals surface area contributed by atoms with Crippen molar-refractivity contribution in [2.75, 3.05) is 0 Å². The number of thiazole rings is 1. The number of fused-ring (bicyclic) bond motifs is 1. The number of hydrogen-bond donors (Lipinski definition) is 1. The Morgan fingerprint density at radius 3 is 2.65 bits per heavy atom. The quantitative estimate of drug-likeness (QED) is 0.885. The highest BCUT2D eigenvalue weighted by molar-refractivity contribution is 7.11. The molecule has 1 unspecified atom stereocenters. The molecule has 94 valence electrons. The molecule has 1 N–H and O–H groups in total. The molecular weight excluding hydrogens is 228 g/mol. The average Bonchev–Trinajstić information content (AvgIpc) is 2.71. The number of aryl methyl sites for hydroxylation is 2. The first-order valence-electron chi connectivity index (χ1n) is 6.98. The van der Waals surface area contributed by atoms with Crippen LogP contribution in [0.2, 0.25) is 0 Å². The molecule has 0 radical (unpaired) electrons. The summed E-state index contributed by atoms with van der Waals surface area (Å²) in [5.41, 5.74) is 1.40. The van der Waals surface area contributed by atoms with Crippen molar-refractivity contribution in [3.05, 3.63) is 15.6 Å². The molecule has 1 aromatic heterocycles. The van der Waals surface area contributed by atoms with Crippen molar-refractivity contribution in [1.29, 1.82) is 0 Å². The van der Waals surface area contributed by atoms with Crippen LogP contribution in [0.4, 0.5) is 0 Å². The molecule has 1 aromatic rings. The van der Waals surface area contributed by atoms with Crippen LogP contribution < -0.4 is 5.32 Å². The molecule has 2 aliphatic carbocycles. The van der Waals surface area contributed by atoms with Gasteiger partial charge in [-0.15, -0.1) is 11.3 Å². The second-order valence-corrected chi connectivity index (χ2v) is 6.88. The Morgan fingerprint density at radius 2 is 2.06 bits per heavy atom. The molecule has 17 heavy (non-hydrogen) atoms. The van der Waals surface area contributed by atoms with E-state index in [2.05, 4.69) is 19.2 Å². The standard InChI is InChI=1S/C14H22N2S/c1-9(2)15-13(10-5-3-6-10)14-16-11-7-4-8-12(11)17-14/h9-10,13,15H,3-8H2,1-2H3. The molecule has 2 nitrogen and oxygen atoms in total. The van der Waals surface area contributed by atoms with Crippen molar-refractivity contribution < 1.29 is 0 Å². The van der Waals surface area contributed by atoms with E-state index in [1.165, 1.54) is 49.2 Å². The fourth-order valence-electron chi connectivity index (χ4n) is 2.88. The Bertz CT molecular complexity index is 371. The summed E-state index contributed by atoms with van der Waals surface area (Å²) in [5.74, 6) is 0.837. The average molecular weight is 250 g/mol. The third-order valence-corrected chi connectivity index (χ3v) is 5.25. The third-order valence-electron chi connectivity index (χ3n) is 4.01. The van der Waals surface area contributed by atoms with Crippen molar-refractivity contribution in [3.8, 4) is 0 Å². The second kappa shape index (κ2) is 4.69. The van der Waals surface area contributed by atoms with Gasteiger partial charge in [0.15, 0.2) is 0 Å². The Kier molecular flexibility index (Phi) is 3.22. The molecule has 3 heteroatoms. The Morgan fingerprint density at radius 1 is 1.24 bits per heavy atom. The number of nitrogens with one attached hydrogen (secondary N) is 1. The maximum absolute atomic E-state index is 4.90. The van der Waals surface area contributed by atoms with Crippen LogP contribution in [-0.4, -0.2) is 11.0 Å². The number of aromatic nitrogens is 1. The van der Waals surface area contributed by atoms with Crippen LogP contribution in [0.25, 0.3) is 0 Å². The summed E-state index contributed by atoms with van der Waals surface area (Å²) in [6.45, 7) is 4.49. The van der Waals surface area contributed by atoms with E-state index in [0.29, 0.717) is 12.1 Å². The number of nitrogens with zero attached hydrogens (tertiary/aromatic N) is 1. The van der Waals surface area contributed by atoms with Gasteiger partial charge in [-0.3, -0.25) is 0 Å². The molecule has 0 amide bonds. The summed E-state index contributed by atoms with van der Waals surface area (Å²) in [4.78, 5) is 6.47. The molecule has 3 rings (SSSR count). The van der Waals surface area contributed by atoms with Crippen LogP contribution in [0.5, 0.6) is 0 Å². The molecule has 0 aliphatic heterocycles. The maximum atomic E-state index is 4.90. The fraction of sp³-hybridized carbons (Fsp3) is 0.786. The summed E-state index contributed by atoms with van der Waals surface area (Å²) in [5, 5.41) is 5.10. The fourth-order valence-corrected chi connectivity index (χ4v) is 4.19. The first-order chi connectivity index (χ1) is 8.24. The van der Waals surface area contributed by atoms with E-state index in [1.54, 1.807) is 4.88 Å². The minimum atomic E-state index is 0.527. The van der Waals surface area contributed by atoms with Gasteiger partial charge in [-0.1, -0.05) is 20.3 Å². The molecule has 1 fully saturated rings. The van der Waals surface area contributed by atoms with Crippen molar-refractivity contribution in [3.63, 3.8) is 0 Å². The normalized spacial score (nSPS) is 21.6. The van der Waals surface area contributed by atoms with Gasteiger partial charge in [0.2, 0.25) is 0 Å². The molecule has 1 saturated carbocycles. The van der Waals surface area contributed by atoms with Gasteiger partial charge in [-0.05, 0) is 38.0 Å². The first kappa shape index (κ1) is 11.7. The SMILES string of the molecule is CC(C)NC(c1nc2c(s1)CCC2)C1CCC1. The summed E-state index contributed by atoms with van der Waals surface area (Å²) < 4.78 is 0. The highest BCUT2D eigenvalue weighted by atomic mass is 32.1. The first-order valence-corrected chi connectivity index (χ1v) is 7.80. The highest BCUT2D eigenvalue weighted by Crippen LogP contribution is 2.41. The van der Waals surface area contributed by atoms with E-state index < -0.39 is 0 Å². The van der Waals surface area contributed by atoms with Gasteiger partial charge in [0.25, 0.3) is 0 Å².